The fraction of sp³-hybridized carbons (Fsp3) is 0.567. The molecule has 0 aromatic heterocycles. The quantitative estimate of drug-likeness (QED) is 0.225. The van der Waals surface area contributed by atoms with Crippen molar-refractivity contribution in [2.75, 3.05) is 31.1 Å². The van der Waals surface area contributed by atoms with Gasteiger partial charge in [0.05, 0.1) is 0 Å². The second kappa shape index (κ2) is 15.0. The minimum atomic E-state index is -0.234. The average Bonchev–Trinajstić information content (AvgIpc) is 2.88. The van der Waals surface area contributed by atoms with E-state index in [9.17, 15) is 9.10 Å². The third-order valence-corrected chi connectivity index (χ3v) is 7.00. The number of halogens is 1. The molecule has 0 radical (unpaired) electrons. The average molecular weight is 508 g/mol. The SMILES string of the molecule is CC(C)CCN(c1ccc(OCc2ccc(F)cc2)cc1)C1CCN(C[C@H](CC(C)C)N=CB=O)CC1. The van der Waals surface area contributed by atoms with Crippen LogP contribution in [0.15, 0.2) is 53.5 Å². The number of aliphatic imine (C=N–C) groups is 1. The van der Waals surface area contributed by atoms with Crippen molar-refractivity contribution >= 4 is 19.0 Å². The Morgan fingerprint density at radius 1 is 1.05 bits per heavy atom. The van der Waals surface area contributed by atoms with E-state index in [1.54, 1.807) is 12.1 Å². The molecule has 2 aromatic carbocycles. The van der Waals surface area contributed by atoms with Gasteiger partial charge in [-0.15, -0.1) is 0 Å². The molecule has 1 heterocycles. The summed E-state index contributed by atoms with van der Waals surface area (Å²) in [4.78, 5) is 9.59. The molecule has 1 fully saturated rings. The third-order valence-electron chi connectivity index (χ3n) is 7.00. The monoisotopic (exact) mass is 507 g/mol. The van der Waals surface area contributed by atoms with E-state index in [1.165, 1.54) is 23.9 Å². The molecule has 0 saturated carbocycles. The summed E-state index contributed by atoms with van der Waals surface area (Å²) in [7, 11) is 0.783. The summed E-state index contributed by atoms with van der Waals surface area (Å²) >= 11 is 0. The fourth-order valence-corrected chi connectivity index (χ4v) is 5.00. The maximum atomic E-state index is 13.1. The summed E-state index contributed by atoms with van der Waals surface area (Å²) in [5.41, 5.74) is 2.18. The predicted octanol–water partition coefficient (Wildman–Crippen LogP) is 6.21. The van der Waals surface area contributed by atoms with Crippen LogP contribution in [-0.4, -0.2) is 56.4 Å². The molecule has 0 bridgehead atoms. The number of likely N-dealkylation sites (tertiary alicyclic amines) is 1. The van der Waals surface area contributed by atoms with E-state index in [0.717, 1.165) is 70.3 Å². The molecule has 0 amide bonds. The first-order chi connectivity index (χ1) is 17.8. The zero-order chi connectivity index (χ0) is 26.6. The zero-order valence-electron chi connectivity index (χ0n) is 23.0. The van der Waals surface area contributed by atoms with Crippen LogP contribution in [0.4, 0.5) is 10.1 Å². The number of anilines is 1. The molecule has 0 unspecified atom stereocenters. The van der Waals surface area contributed by atoms with Gasteiger partial charge in [0, 0.05) is 0 Å². The summed E-state index contributed by atoms with van der Waals surface area (Å²) in [5, 5.41) is 0. The normalized spacial score (nSPS) is 15.9. The summed E-state index contributed by atoms with van der Waals surface area (Å²) in [6.07, 6.45) is 5.81. The predicted molar refractivity (Wildman–Crippen MR) is 152 cm³/mol. The first kappa shape index (κ1) is 29.0. The molecule has 3 rings (SSSR count). The Labute approximate surface area is 223 Å². The van der Waals surface area contributed by atoms with Gasteiger partial charge in [0.2, 0.25) is 0 Å². The molecule has 2 aromatic rings. The molecular weight excluding hydrogens is 464 g/mol. The fourth-order valence-electron chi connectivity index (χ4n) is 5.00. The Bertz CT molecular complexity index is 958. The van der Waals surface area contributed by atoms with Crippen LogP contribution in [-0.2, 0) is 11.3 Å². The van der Waals surface area contributed by atoms with Crippen LogP contribution in [0.2, 0.25) is 0 Å². The van der Waals surface area contributed by atoms with Gasteiger partial charge in [-0.1, -0.05) is 26.0 Å². The second-order valence-electron chi connectivity index (χ2n) is 11.0. The van der Waals surface area contributed by atoms with Crippen molar-refractivity contribution in [2.24, 2.45) is 16.8 Å². The molecule has 5 nitrogen and oxygen atoms in total. The number of ether oxygens (including phenoxy) is 1. The van der Waals surface area contributed by atoms with Crippen molar-refractivity contribution in [3.63, 3.8) is 0 Å². The Hall–Kier alpha value is -2.54. The van der Waals surface area contributed by atoms with Crippen molar-refractivity contribution in [2.45, 2.75) is 72.1 Å². The molecular formula is C30H43BFN3O2. The van der Waals surface area contributed by atoms with Crippen molar-refractivity contribution in [1.82, 2.24) is 4.90 Å². The van der Waals surface area contributed by atoms with Gasteiger partial charge in [0.1, 0.15) is 18.2 Å². The maximum absolute atomic E-state index is 13.1. The van der Waals surface area contributed by atoms with E-state index in [1.807, 2.05) is 12.1 Å². The van der Waals surface area contributed by atoms with Crippen molar-refractivity contribution in [1.29, 1.82) is 0 Å². The Balaban J connectivity index is 1.60. The number of hydrogen-bond donors (Lipinski definition) is 0. The van der Waals surface area contributed by atoms with Gasteiger partial charge < -0.3 is 4.74 Å². The van der Waals surface area contributed by atoms with Crippen molar-refractivity contribution in [3.05, 3.63) is 59.9 Å². The van der Waals surface area contributed by atoms with Crippen LogP contribution in [0.1, 0.15) is 58.9 Å². The van der Waals surface area contributed by atoms with Crippen LogP contribution < -0.4 is 9.64 Å². The molecule has 37 heavy (non-hydrogen) atoms. The van der Waals surface area contributed by atoms with Gasteiger partial charge in [-0.05, 0) is 17.7 Å². The number of hydrogen-bond acceptors (Lipinski definition) is 5. The zero-order valence-corrected chi connectivity index (χ0v) is 23.0. The van der Waals surface area contributed by atoms with E-state index in [4.69, 9.17) is 4.74 Å². The van der Waals surface area contributed by atoms with Gasteiger partial charge in [-0.3, -0.25) is 0 Å². The molecule has 1 saturated heterocycles. The van der Waals surface area contributed by atoms with Crippen LogP contribution >= 0.6 is 0 Å². The van der Waals surface area contributed by atoms with Crippen molar-refractivity contribution in [3.8, 4) is 5.75 Å². The van der Waals surface area contributed by atoms with Crippen LogP contribution in [0.3, 0.4) is 0 Å². The van der Waals surface area contributed by atoms with Gasteiger partial charge in [0.25, 0.3) is 0 Å². The third kappa shape index (κ3) is 10.0. The molecule has 200 valence electrons. The van der Waals surface area contributed by atoms with E-state index < -0.39 is 0 Å². The molecule has 1 aliphatic rings. The van der Waals surface area contributed by atoms with E-state index >= 15 is 0 Å². The van der Waals surface area contributed by atoms with Gasteiger partial charge in [-0.25, -0.2) is 4.39 Å². The summed E-state index contributed by atoms with van der Waals surface area (Å²) in [5.74, 6) is 1.79. The molecule has 7 heteroatoms. The number of piperidine rings is 1. The number of rotatable bonds is 14. The van der Waals surface area contributed by atoms with Gasteiger partial charge in [0.15, 0.2) is 0 Å². The molecule has 0 spiro atoms. The number of benzene rings is 2. The van der Waals surface area contributed by atoms with E-state index in [0.29, 0.717) is 24.5 Å². The number of nitrogens with zero attached hydrogens (tertiary/aromatic N) is 3. The van der Waals surface area contributed by atoms with Crippen LogP contribution in [0.25, 0.3) is 0 Å². The Morgan fingerprint density at radius 2 is 1.73 bits per heavy atom. The topological polar surface area (TPSA) is 45.1 Å². The summed E-state index contributed by atoms with van der Waals surface area (Å²) < 4.78 is 29.9. The summed E-state index contributed by atoms with van der Waals surface area (Å²) in [6, 6.07) is 15.5. The van der Waals surface area contributed by atoms with Gasteiger partial charge in [-0.2, -0.15) is 0 Å². The molecule has 0 aliphatic carbocycles. The van der Waals surface area contributed by atoms with E-state index in [-0.39, 0.29) is 11.9 Å². The van der Waals surface area contributed by atoms with Gasteiger partial charge >= 0.3 is 152 Å². The molecule has 1 atom stereocenters. The second-order valence-corrected chi connectivity index (χ2v) is 11.0. The van der Waals surface area contributed by atoms with Crippen LogP contribution in [0.5, 0.6) is 5.75 Å². The Morgan fingerprint density at radius 3 is 2.32 bits per heavy atom. The molecule has 0 N–H and O–H groups in total. The summed E-state index contributed by atoms with van der Waals surface area (Å²) in [6.45, 7) is 13.5. The van der Waals surface area contributed by atoms with Crippen molar-refractivity contribution < 1.29 is 13.8 Å². The minimum absolute atomic E-state index is 0.182. The standard InChI is InChI=1S/C30H43BFN3O2/c1-23(2)13-18-35(28-9-11-30(12-10-28)37-21-25-5-7-26(32)8-6-25)29-14-16-34(17-15-29)20-27(19-24(3)4)33-22-31-36/h5-12,22-24,27,29H,13-21H2,1-4H3/t27-/m0/s1. The van der Waals surface area contributed by atoms with E-state index in [2.05, 4.69) is 54.6 Å². The molecule has 1 aliphatic heterocycles. The first-order valence-corrected chi connectivity index (χ1v) is 13.8. The first-order valence-electron chi connectivity index (χ1n) is 13.8. The van der Waals surface area contributed by atoms with Crippen LogP contribution in [0, 0.1) is 17.7 Å². The Kier molecular flexibility index (Phi) is 11.8.